The molecule has 17 heteroatoms. The number of nitrogens with zero attached hydrogens (tertiary/aromatic N) is 7. The molecule has 3 aromatic heterocycles. The van der Waals surface area contributed by atoms with E-state index >= 15 is 4.39 Å². The number of benzene rings is 4. The molecule has 11 rings (SSSR count). The summed E-state index contributed by atoms with van der Waals surface area (Å²) < 4.78 is 31.5. The van der Waals surface area contributed by atoms with Gasteiger partial charge in [0.1, 0.15) is 22.7 Å². The van der Waals surface area contributed by atoms with Crippen molar-refractivity contribution >= 4 is 72.8 Å². The number of ether oxygens (including phenoxy) is 2. The number of carbonyl (C=O) groups excluding carboxylic acids is 4. The van der Waals surface area contributed by atoms with Crippen LogP contribution in [0.4, 0.5) is 21.0 Å². The molecule has 3 aliphatic heterocycles. The molecule has 1 saturated carbocycles. The minimum absolute atomic E-state index is 0.100. The van der Waals surface area contributed by atoms with Gasteiger partial charge in [-0.1, -0.05) is 60.6 Å². The number of hydrogen-bond donors (Lipinski definition) is 2. The van der Waals surface area contributed by atoms with Crippen molar-refractivity contribution in [2.75, 3.05) is 54.4 Å². The highest BCUT2D eigenvalue weighted by Crippen LogP contribution is 2.39. The Morgan fingerprint density at radius 2 is 1.63 bits per heavy atom. The van der Waals surface area contributed by atoms with Crippen molar-refractivity contribution < 1.29 is 33.0 Å². The van der Waals surface area contributed by atoms with Gasteiger partial charge in [-0.25, -0.2) is 19.2 Å². The van der Waals surface area contributed by atoms with Crippen LogP contribution in [0.5, 0.6) is 5.75 Å². The molecule has 1 aliphatic carbocycles. The van der Waals surface area contributed by atoms with Gasteiger partial charge in [0.2, 0.25) is 11.8 Å². The highest BCUT2D eigenvalue weighted by Gasteiger charge is 2.34. The number of piperidine rings is 1. The molecule has 2 N–H and O–H groups in total. The van der Waals surface area contributed by atoms with E-state index in [-0.39, 0.29) is 41.8 Å². The first-order chi connectivity index (χ1) is 37.6. The van der Waals surface area contributed by atoms with Crippen molar-refractivity contribution in [3.05, 3.63) is 124 Å². The Balaban J connectivity index is 0.679. The Kier molecular flexibility index (Phi) is 15.1. The Hall–Kier alpha value is -7.24. The van der Waals surface area contributed by atoms with E-state index in [2.05, 4.69) is 41.5 Å². The zero-order valence-electron chi connectivity index (χ0n) is 45.2. The van der Waals surface area contributed by atoms with Crippen LogP contribution in [0.15, 0.2) is 84.9 Å². The summed E-state index contributed by atoms with van der Waals surface area (Å²) in [4.78, 5) is 68.7. The van der Waals surface area contributed by atoms with Crippen LogP contribution >= 0.6 is 11.3 Å². The minimum atomic E-state index is -0.741. The number of piperazine rings is 1. The van der Waals surface area contributed by atoms with Crippen molar-refractivity contribution in [2.45, 2.75) is 116 Å². The molecule has 15 nitrogen and oxygen atoms in total. The Bertz CT molecular complexity index is 3390. The first-order valence-electron chi connectivity index (χ1n) is 27.6. The first kappa shape index (κ1) is 52.8. The lowest BCUT2D eigenvalue weighted by Crippen LogP contribution is -2.47. The lowest BCUT2D eigenvalue weighted by molar-refractivity contribution is -0.134. The van der Waals surface area contributed by atoms with Crippen molar-refractivity contribution in [3.8, 4) is 16.9 Å². The Morgan fingerprint density at radius 3 is 2.41 bits per heavy atom. The number of fused-ring (bicyclic) bond motifs is 3. The Labute approximate surface area is 458 Å². The summed E-state index contributed by atoms with van der Waals surface area (Å²) in [5.74, 6) is -0.176. The SMILES string of the molecule is Cc1c(O[C@H]2CC[C@H](CCCCN3CCN(c4ccc5c(C6CCC(=O)NC6=O)nn(C)c5c4F)CC3)CC2)cccc1-c1ccc(N2CCc3cccc(C(=O)Nc4nc5ccccc5s4)c3C2)nc1C(=O)OC(C)(C)C. The lowest BCUT2D eigenvalue weighted by atomic mass is 9.84. The molecule has 4 aromatic carbocycles. The molecule has 0 spiro atoms. The third-order valence-corrected chi connectivity index (χ3v) is 17.0. The second kappa shape index (κ2) is 22.2. The smallest absolute Gasteiger partial charge is 0.358 e. The number of hydrogen-bond acceptors (Lipinski definition) is 13. The fraction of sp³-hybridized carbons (Fsp3) is 0.426. The summed E-state index contributed by atoms with van der Waals surface area (Å²) in [5, 5.41) is 11.2. The van der Waals surface area contributed by atoms with E-state index in [0.717, 1.165) is 103 Å². The molecular formula is C61H68FN9O6S. The second-order valence-corrected chi connectivity index (χ2v) is 23.5. The van der Waals surface area contributed by atoms with Gasteiger partial charge in [-0.2, -0.15) is 5.10 Å². The van der Waals surface area contributed by atoms with Crippen molar-refractivity contribution in [2.24, 2.45) is 13.0 Å². The van der Waals surface area contributed by atoms with Crippen LogP contribution in [0.1, 0.15) is 128 Å². The Morgan fingerprint density at radius 1 is 0.833 bits per heavy atom. The summed E-state index contributed by atoms with van der Waals surface area (Å²) >= 11 is 1.45. The number of para-hydroxylation sites is 1. The zero-order valence-corrected chi connectivity index (χ0v) is 46.0. The number of halogens is 1. The van der Waals surface area contributed by atoms with E-state index in [1.807, 2.05) is 107 Å². The number of thiazole rings is 1. The topological polar surface area (TPSA) is 164 Å². The number of anilines is 3. The fourth-order valence-electron chi connectivity index (χ4n) is 11.9. The van der Waals surface area contributed by atoms with Crippen LogP contribution < -0.4 is 25.2 Å². The predicted molar refractivity (Wildman–Crippen MR) is 303 cm³/mol. The average molecular weight is 1070 g/mol. The maximum atomic E-state index is 16.2. The molecule has 3 amide bonds. The summed E-state index contributed by atoms with van der Waals surface area (Å²) in [7, 11) is 1.71. The van der Waals surface area contributed by atoms with Gasteiger partial charge in [0.25, 0.3) is 5.91 Å². The standard InChI is InChI=1S/C61H68FN9O6S/c1-37-41(42-24-27-51(64-55(42)59(75)77-61(2,3)4)71-31-29-39-13-10-15-43(46(39)36-71)57(73)66-60-63-47-16-6-7-18-50(47)78-60)14-11-17-49(37)76-40-21-19-38(20-22-40)12-8-9-30-69-32-34-70(35-33-69)48-26-23-44-54(67-68(5)56(44)53(48)62)45-25-28-52(72)65-58(45)74/h6-7,10-11,13-18,23-24,26-27,38,40,45H,8-9,12,19-22,25,28-36H2,1-5H3,(H,63,66,73)(H,65,72,74)/t38-,40-,45?. The number of amides is 3. The van der Waals surface area contributed by atoms with Gasteiger partial charge in [-0.15, -0.1) is 0 Å². The van der Waals surface area contributed by atoms with Gasteiger partial charge in [-0.3, -0.25) is 34.6 Å². The minimum Gasteiger partial charge on any atom is -0.490 e. The molecule has 2 saturated heterocycles. The largest absolute Gasteiger partial charge is 0.490 e. The van der Waals surface area contributed by atoms with Crippen molar-refractivity contribution in [1.29, 1.82) is 0 Å². The number of pyridine rings is 1. The fourth-order valence-corrected chi connectivity index (χ4v) is 12.8. The van der Waals surface area contributed by atoms with Gasteiger partial charge in [0, 0.05) is 69.3 Å². The molecule has 1 unspecified atom stereocenters. The molecule has 0 radical (unpaired) electrons. The van der Waals surface area contributed by atoms with E-state index in [9.17, 15) is 19.2 Å². The number of carbonyl (C=O) groups is 4. The summed E-state index contributed by atoms with van der Waals surface area (Å²) in [6.45, 7) is 12.9. The van der Waals surface area contributed by atoms with Crippen LogP contribution in [0, 0.1) is 18.7 Å². The summed E-state index contributed by atoms with van der Waals surface area (Å²) in [6, 6.07) is 27.3. The summed E-state index contributed by atoms with van der Waals surface area (Å²) in [5.41, 5.74) is 6.89. The van der Waals surface area contributed by atoms with Crippen LogP contribution in [0.25, 0.3) is 32.2 Å². The van der Waals surface area contributed by atoms with Gasteiger partial charge in [0.05, 0.1) is 33.6 Å². The molecule has 1 atom stereocenters. The number of unbranched alkanes of at least 4 members (excludes halogenated alkanes) is 1. The molecule has 0 bridgehead atoms. The van der Waals surface area contributed by atoms with E-state index in [1.54, 1.807) is 7.05 Å². The molecule has 3 fully saturated rings. The third kappa shape index (κ3) is 11.2. The van der Waals surface area contributed by atoms with E-state index in [1.165, 1.54) is 28.9 Å². The molecule has 6 heterocycles. The van der Waals surface area contributed by atoms with Crippen molar-refractivity contribution in [1.82, 2.24) is 30.0 Å². The second-order valence-electron chi connectivity index (χ2n) is 22.4. The number of esters is 1. The molecule has 406 valence electrons. The maximum Gasteiger partial charge on any atom is 0.358 e. The van der Waals surface area contributed by atoms with E-state index < -0.39 is 17.5 Å². The normalized spacial score (nSPS) is 19.2. The number of imide groups is 1. The predicted octanol–water partition coefficient (Wildman–Crippen LogP) is 10.9. The monoisotopic (exact) mass is 1070 g/mol. The number of nitrogens with one attached hydrogen (secondary N) is 2. The zero-order chi connectivity index (χ0) is 54.2. The molecule has 4 aliphatic rings. The van der Waals surface area contributed by atoms with E-state index in [0.29, 0.717) is 76.2 Å². The van der Waals surface area contributed by atoms with Gasteiger partial charge < -0.3 is 19.3 Å². The average Bonchev–Trinajstić information content (AvgIpc) is 4.12. The maximum absolute atomic E-state index is 16.2. The summed E-state index contributed by atoms with van der Waals surface area (Å²) in [6.07, 6.45) is 9.12. The first-order valence-corrected chi connectivity index (χ1v) is 28.5. The van der Waals surface area contributed by atoms with E-state index in [4.69, 9.17) is 14.5 Å². The van der Waals surface area contributed by atoms with Crippen molar-refractivity contribution in [3.63, 3.8) is 0 Å². The third-order valence-electron chi connectivity index (χ3n) is 16.1. The molecule has 78 heavy (non-hydrogen) atoms. The molecule has 7 aromatic rings. The highest BCUT2D eigenvalue weighted by atomic mass is 32.1. The quantitative estimate of drug-likeness (QED) is 0.0603. The van der Waals surface area contributed by atoms with Crippen LogP contribution in [-0.2, 0) is 34.3 Å². The van der Waals surface area contributed by atoms with Gasteiger partial charge >= 0.3 is 5.97 Å². The van der Waals surface area contributed by atoms with Crippen LogP contribution in [-0.4, -0.2) is 99.3 Å². The van der Waals surface area contributed by atoms with Crippen LogP contribution in [0.3, 0.4) is 0 Å². The number of aryl methyl sites for hydroxylation is 1. The van der Waals surface area contributed by atoms with Crippen LogP contribution in [0.2, 0.25) is 0 Å². The number of aromatic nitrogens is 4. The lowest BCUT2D eigenvalue weighted by Gasteiger charge is -2.36. The molecular weight excluding hydrogens is 1010 g/mol. The van der Waals surface area contributed by atoms with Gasteiger partial charge in [0.15, 0.2) is 16.6 Å². The van der Waals surface area contributed by atoms with Gasteiger partial charge in [-0.05, 0) is 156 Å². The highest BCUT2D eigenvalue weighted by molar-refractivity contribution is 7.22. The number of rotatable bonds is 14.